The largest absolute Gasteiger partial charge is 0.501 e. The predicted octanol–water partition coefficient (Wildman–Crippen LogP) is 2.95. The van der Waals surface area contributed by atoms with Crippen LogP contribution in [-0.2, 0) is 9.84 Å². The van der Waals surface area contributed by atoms with Crippen LogP contribution in [0, 0.1) is 5.82 Å². The molecule has 1 aromatic heterocycles. The summed E-state index contributed by atoms with van der Waals surface area (Å²) in [6.07, 6.45) is 0.940. The van der Waals surface area contributed by atoms with E-state index in [0.29, 0.717) is 30.7 Å². The van der Waals surface area contributed by atoms with Gasteiger partial charge in [-0.1, -0.05) is 0 Å². The number of nitrogens with zero attached hydrogens (tertiary/aromatic N) is 4. The molecule has 1 aliphatic heterocycles. The Morgan fingerprint density at radius 2 is 1.86 bits per heavy atom. The predicted molar refractivity (Wildman–Crippen MR) is 92.5 cm³/mol. The van der Waals surface area contributed by atoms with Crippen LogP contribution in [0.15, 0.2) is 27.6 Å². The molecular formula is C16H18F4N4O3S. The quantitative estimate of drug-likeness (QED) is 0.701. The molecule has 12 heteroatoms. The number of sulfone groups is 1. The minimum atomic E-state index is -5.68. The number of rotatable bonds is 4. The van der Waals surface area contributed by atoms with Crippen LogP contribution in [0.1, 0.15) is 24.7 Å². The third-order valence-corrected chi connectivity index (χ3v) is 6.05. The summed E-state index contributed by atoms with van der Waals surface area (Å²) < 4.78 is 81.4. The van der Waals surface area contributed by atoms with E-state index in [9.17, 15) is 26.0 Å². The number of alkyl halides is 3. The van der Waals surface area contributed by atoms with Crippen LogP contribution < -0.4 is 9.80 Å². The van der Waals surface area contributed by atoms with Gasteiger partial charge >= 0.3 is 5.51 Å². The fraction of sp³-hybridized carbons (Fsp3) is 0.500. The number of aromatic nitrogens is 2. The first kappa shape index (κ1) is 20.4. The first-order valence-corrected chi connectivity index (χ1v) is 9.86. The molecule has 0 saturated carbocycles. The van der Waals surface area contributed by atoms with Crippen LogP contribution in [-0.4, -0.2) is 51.3 Å². The molecular weight excluding hydrogens is 404 g/mol. The molecule has 1 fully saturated rings. The van der Waals surface area contributed by atoms with Crippen LogP contribution in [0.2, 0.25) is 0 Å². The minimum Gasteiger partial charge on any atom is -0.370 e. The first-order valence-electron chi connectivity index (χ1n) is 8.37. The average Bonchev–Trinajstić information content (AvgIpc) is 3.11. The molecule has 3 rings (SSSR count). The van der Waals surface area contributed by atoms with Crippen molar-refractivity contribution in [2.24, 2.45) is 0 Å². The van der Waals surface area contributed by atoms with Crippen molar-refractivity contribution in [1.29, 1.82) is 0 Å². The first-order chi connectivity index (χ1) is 13.0. The molecule has 1 aromatic carbocycles. The van der Waals surface area contributed by atoms with Gasteiger partial charge in [-0.3, -0.25) is 0 Å². The van der Waals surface area contributed by atoms with Gasteiger partial charge in [0, 0.05) is 33.1 Å². The van der Waals surface area contributed by atoms with Crippen molar-refractivity contribution in [3.63, 3.8) is 0 Å². The lowest BCUT2D eigenvalue weighted by Gasteiger charge is -2.33. The van der Waals surface area contributed by atoms with Crippen LogP contribution >= 0.6 is 0 Å². The Hall–Kier alpha value is -2.37. The highest BCUT2D eigenvalue weighted by molar-refractivity contribution is 7.92. The lowest BCUT2D eigenvalue weighted by Crippen LogP contribution is -2.35. The summed E-state index contributed by atoms with van der Waals surface area (Å²) in [5.41, 5.74) is -5.68. The van der Waals surface area contributed by atoms with Gasteiger partial charge in [0.25, 0.3) is 15.8 Å². The number of hydrogen-bond donors (Lipinski definition) is 0. The lowest BCUT2D eigenvalue weighted by atomic mass is 9.96. The van der Waals surface area contributed by atoms with Gasteiger partial charge < -0.3 is 14.3 Å². The fourth-order valence-electron chi connectivity index (χ4n) is 3.03. The van der Waals surface area contributed by atoms with Gasteiger partial charge in [0.1, 0.15) is 10.7 Å². The van der Waals surface area contributed by atoms with Crippen LogP contribution in [0.3, 0.4) is 0 Å². The second kappa shape index (κ2) is 7.22. The fourth-order valence-corrected chi connectivity index (χ4v) is 4.02. The van der Waals surface area contributed by atoms with Crippen molar-refractivity contribution in [1.82, 2.24) is 10.1 Å². The SMILES string of the molecule is CN(C)c1noc(C2CCN(c3ccc(F)cc3S(=O)(=O)C(F)(F)F)CC2)n1. The van der Waals surface area contributed by atoms with Gasteiger partial charge in [-0.15, -0.1) is 0 Å². The maximum absolute atomic E-state index is 13.5. The Morgan fingerprint density at radius 1 is 1.21 bits per heavy atom. The molecule has 0 amide bonds. The third kappa shape index (κ3) is 3.77. The van der Waals surface area contributed by atoms with Crippen molar-refractivity contribution < 1.29 is 30.5 Å². The zero-order valence-electron chi connectivity index (χ0n) is 15.1. The highest BCUT2D eigenvalue weighted by atomic mass is 32.2. The molecule has 1 aliphatic rings. The van der Waals surface area contributed by atoms with E-state index in [4.69, 9.17) is 4.52 Å². The topological polar surface area (TPSA) is 79.5 Å². The number of piperidine rings is 1. The molecule has 28 heavy (non-hydrogen) atoms. The average molecular weight is 422 g/mol. The molecule has 0 bridgehead atoms. The monoisotopic (exact) mass is 422 g/mol. The zero-order chi connectivity index (χ0) is 20.7. The van der Waals surface area contributed by atoms with E-state index in [1.54, 1.807) is 19.0 Å². The van der Waals surface area contributed by atoms with E-state index in [2.05, 4.69) is 10.1 Å². The zero-order valence-corrected chi connectivity index (χ0v) is 15.9. The van der Waals surface area contributed by atoms with Crippen molar-refractivity contribution >= 4 is 21.5 Å². The van der Waals surface area contributed by atoms with E-state index in [1.165, 1.54) is 4.90 Å². The van der Waals surface area contributed by atoms with Crippen LogP contribution in [0.25, 0.3) is 0 Å². The molecule has 1 saturated heterocycles. The molecule has 2 aromatic rings. The van der Waals surface area contributed by atoms with Gasteiger partial charge in [0.15, 0.2) is 0 Å². The molecule has 0 unspecified atom stereocenters. The summed E-state index contributed by atoms with van der Waals surface area (Å²) in [4.78, 5) is 6.36. The molecule has 0 spiro atoms. The van der Waals surface area contributed by atoms with Gasteiger partial charge in [-0.25, -0.2) is 12.8 Å². The number of benzene rings is 1. The normalized spacial score (nSPS) is 16.4. The highest BCUT2D eigenvalue weighted by Crippen LogP contribution is 2.38. The van der Waals surface area contributed by atoms with E-state index in [-0.39, 0.29) is 24.7 Å². The van der Waals surface area contributed by atoms with E-state index in [0.717, 1.165) is 12.1 Å². The summed E-state index contributed by atoms with van der Waals surface area (Å²) in [6, 6.07) is 2.41. The van der Waals surface area contributed by atoms with E-state index < -0.39 is 26.1 Å². The Labute approximate surface area is 158 Å². The Kier molecular flexibility index (Phi) is 5.26. The minimum absolute atomic E-state index is 0.0967. The van der Waals surface area contributed by atoms with Gasteiger partial charge in [-0.2, -0.15) is 18.2 Å². The Morgan fingerprint density at radius 3 is 2.39 bits per heavy atom. The Bertz CT molecular complexity index is 951. The summed E-state index contributed by atoms with van der Waals surface area (Å²) in [7, 11) is -2.16. The highest BCUT2D eigenvalue weighted by Gasteiger charge is 2.48. The molecule has 0 aliphatic carbocycles. The lowest BCUT2D eigenvalue weighted by molar-refractivity contribution is -0.0435. The number of hydrogen-bond acceptors (Lipinski definition) is 7. The summed E-state index contributed by atoms with van der Waals surface area (Å²) >= 11 is 0. The second-order valence-corrected chi connectivity index (χ2v) is 8.56. The van der Waals surface area contributed by atoms with Gasteiger partial charge in [0.05, 0.1) is 5.69 Å². The molecule has 7 nitrogen and oxygen atoms in total. The van der Waals surface area contributed by atoms with Crippen molar-refractivity contribution in [3.05, 3.63) is 29.9 Å². The molecule has 154 valence electrons. The number of halogens is 4. The maximum Gasteiger partial charge on any atom is 0.501 e. The second-order valence-electron chi connectivity index (χ2n) is 6.65. The van der Waals surface area contributed by atoms with E-state index in [1.807, 2.05) is 0 Å². The Balaban J connectivity index is 1.83. The van der Waals surface area contributed by atoms with Gasteiger partial charge in [-0.05, 0) is 36.2 Å². The molecule has 2 heterocycles. The summed E-state index contributed by atoms with van der Waals surface area (Å²) in [5, 5.41) is 3.83. The van der Waals surface area contributed by atoms with Crippen molar-refractivity contribution in [2.75, 3.05) is 37.0 Å². The summed E-state index contributed by atoms with van der Waals surface area (Å²) in [5.74, 6) is -0.316. The molecule has 0 atom stereocenters. The smallest absolute Gasteiger partial charge is 0.370 e. The van der Waals surface area contributed by atoms with Crippen molar-refractivity contribution in [3.8, 4) is 0 Å². The summed E-state index contributed by atoms with van der Waals surface area (Å²) in [6.45, 7) is 0.521. The molecule has 0 radical (unpaired) electrons. The molecule has 0 N–H and O–H groups in total. The third-order valence-electron chi connectivity index (χ3n) is 4.53. The van der Waals surface area contributed by atoms with Crippen LogP contribution in [0.4, 0.5) is 29.2 Å². The maximum atomic E-state index is 13.5. The standard InChI is InChI=1S/C16H18F4N4O3S/c1-23(2)15-21-14(27-22-15)10-5-7-24(8-6-10)12-4-3-11(17)9-13(12)28(25,26)16(18,19)20/h3-4,9-10H,5-8H2,1-2H3. The van der Waals surface area contributed by atoms with Gasteiger partial charge in [0.2, 0.25) is 5.89 Å². The van der Waals surface area contributed by atoms with E-state index >= 15 is 0 Å². The van der Waals surface area contributed by atoms with Crippen LogP contribution in [0.5, 0.6) is 0 Å². The number of anilines is 2. The van der Waals surface area contributed by atoms with Crippen molar-refractivity contribution in [2.45, 2.75) is 29.2 Å².